The summed E-state index contributed by atoms with van der Waals surface area (Å²) in [7, 11) is 1.25. The molecule has 20 heavy (non-hydrogen) atoms. The van der Waals surface area contributed by atoms with Crippen LogP contribution in [-0.2, 0) is 14.3 Å². The van der Waals surface area contributed by atoms with Gasteiger partial charge in [-0.3, -0.25) is 14.9 Å². The average molecular weight is 287 g/mol. The van der Waals surface area contributed by atoms with Crippen LogP contribution in [0, 0.1) is 10.1 Å². The zero-order valence-electron chi connectivity index (χ0n) is 10.8. The normalized spacial score (nSPS) is 11.9. The maximum atomic E-state index is 11.9. The number of carbonyl (C=O) groups is 1. The Labute approximate surface area is 112 Å². The van der Waals surface area contributed by atoms with Gasteiger partial charge in [-0.2, -0.15) is 0 Å². The topological polar surface area (TPSA) is 134 Å². The van der Waals surface area contributed by atoms with Crippen molar-refractivity contribution in [1.29, 1.82) is 0 Å². The summed E-state index contributed by atoms with van der Waals surface area (Å²) >= 11 is 0. The molecule has 0 aromatic carbocycles. The molecule has 1 atom stereocenters. The second-order valence-electron chi connectivity index (χ2n) is 3.63. The molecule has 0 saturated heterocycles. The van der Waals surface area contributed by atoms with Crippen molar-refractivity contribution in [2.45, 2.75) is 13.0 Å². The number of methoxy groups -OCH3 is 1. The first-order valence-electron chi connectivity index (χ1n) is 5.58. The summed E-state index contributed by atoms with van der Waals surface area (Å²) in [5.41, 5.74) is -3.01. The first kappa shape index (κ1) is 15.6. The third-order valence-corrected chi connectivity index (χ3v) is 2.38. The highest BCUT2D eigenvalue weighted by Gasteiger charge is 2.28. The van der Waals surface area contributed by atoms with E-state index in [9.17, 15) is 24.5 Å². The van der Waals surface area contributed by atoms with Crippen LogP contribution in [0.15, 0.2) is 15.8 Å². The third-order valence-electron chi connectivity index (χ3n) is 2.38. The minimum Gasteiger partial charge on any atom is -0.464 e. The van der Waals surface area contributed by atoms with Gasteiger partial charge in [-0.15, -0.1) is 0 Å². The highest BCUT2D eigenvalue weighted by molar-refractivity contribution is 5.74. The fourth-order valence-electron chi connectivity index (χ4n) is 1.54. The van der Waals surface area contributed by atoms with Gasteiger partial charge in [0.2, 0.25) is 0 Å². The SMILES string of the molecule is CCOC(=O)C(COC)n1c(=O)[nH]cc([N+](=O)[O-])c1=O. The summed E-state index contributed by atoms with van der Waals surface area (Å²) in [5, 5.41) is 10.7. The Morgan fingerprint density at radius 2 is 2.20 bits per heavy atom. The molecule has 0 fully saturated rings. The van der Waals surface area contributed by atoms with Crippen molar-refractivity contribution in [3.8, 4) is 0 Å². The van der Waals surface area contributed by atoms with Crippen molar-refractivity contribution >= 4 is 11.7 Å². The van der Waals surface area contributed by atoms with Gasteiger partial charge in [-0.05, 0) is 6.92 Å². The molecule has 1 rings (SSSR count). The summed E-state index contributed by atoms with van der Waals surface area (Å²) in [6, 6.07) is -1.39. The second-order valence-corrected chi connectivity index (χ2v) is 3.63. The Morgan fingerprint density at radius 3 is 2.70 bits per heavy atom. The number of aromatic nitrogens is 2. The van der Waals surface area contributed by atoms with Crippen molar-refractivity contribution in [3.05, 3.63) is 37.1 Å². The molecular formula is C10H13N3O7. The van der Waals surface area contributed by atoms with Gasteiger partial charge in [0.1, 0.15) is 0 Å². The number of nitro groups is 1. The molecule has 110 valence electrons. The number of rotatable bonds is 6. The molecule has 10 heteroatoms. The van der Waals surface area contributed by atoms with E-state index in [0.29, 0.717) is 10.8 Å². The van der Waals surface area contributed by atoms with Crippen LogP contribution in [0.3, 0.4) is 0 Å². The van der Waals surface area contributed by atoms with Gasteiger partial charge in [-0.1, -0.05) is 0 Å². The number of nitrogens with zero attached hydrogens (tertiary/aromatic N) is 2. The average Bonchev–Trinajstić information content (AvgIpc) is 2.37. The monoisotopic (exact) mass is 287 g/mol. The van der Waals surface area contributed by atoms with E-state index in [2.05, 4.69) is 0 Å². The van der Waals surface area contributed by atoms with E-state index in [-0.39, 0.29) is 13.2 Å². The third kappa shape index (κ3) is 3.09. The number of nitrogens with one attached hydrogen (secondary N) is 1. The van der Waals surface area contributed by atoms with Crippen LogP contribution in [0.5, 0.6) is 0 Å². The zero-order valence-corrected chi connectivity index (χ0v) is 10.8. The Balaban J connectivity index is 3.43. The van der Waals surface area contributed by atoms with Gasteiger partial charge >= 0.3 is 22.9 Å². The van der Waals surface area contributed by atoms with Gasteiger partial charge in [0, 0.05) is 7.11 Å². The number of H-pyrrole nitrogens is 1. The Hall–Kier alpha value is -2.49. The molecule has 0 saturated carbocycles. The fourth-order valence-corrected chi connectivity index (χ4v) is 1.54. The lowest BCUT2D eigenvalue weighted by Crippen LogP contribution is -2.43. The van der Waals surface area contributed by atoms with Crippen LogP contribution in [-0.4, -0.2) is 40.8 Å². The summed E-state index contributed by atoms with van der Waals surface area (Å²) in [4.78, 5) is 47.0. The first-order valence-corrected chi connectivity index (χ1v) is 5.58. The summed E-state index contributed by atoms with van der Waals surface area (Å²) in [6.07, 6.45) is 0.677. The first-order chi connectivity index (χ1) is 9.43. The maximum absolute atomic E-state index is 11.9. The predicted molar refractivity (Wildman–Crippen MR) is 65.5 cm³/mol. The van der Waals surface area contributed by atoms with Crippen molar-refractivity contribution in [2.24, 2.45) is 0 Å². The minimum absolute atomic E-state index is 0.0284. The Morgan fingerprint density at radius 1 is 1.55 bits per heavy atom. The lowest BCUT2D eigenvalue weighted by atomic mass is 10.3. The molecule has 1 unspecified atom stereocenters. The molecule has 0 aliphatic heterocycles. The minimum atomic E-state index is -1.39. The molecule has 0 radical (unpaired) electrons. The van der Waals surface area contributed by atoms with Crippen molar-refractivity contribution in [3.63, 3.8) is 0 Å². The summed E-state index contributed by atoms with van der Waals surface area (Å²) in [6.45, 7) is 1.24. The molecule has 0 aliphatic carbocycles. The van der Waals surface area contributed by atoms with Crippen molar-refractivity contribution in [1.82, 2.24) is 9.55 Å². The van der Waals surface area contributed by atoms with E-state index in [4.69, 9.17) is 9.47 Å². The van der Waals surface area contributed by atoms with Crippen molar-refractivity contribution in [2.75, 3.05) is 20.3 Å². The van der Waals surface area contributed by atoms with Gasteiger partial charge in [0.05, 0.1) is 24.3 Å². The van der Waals surface area contributed by atoms with E-state index >= 15 is 0 Å². The van der Waals surface area contributed by atoms with Crippen LogP contribution in [0.4, 0.5) is 5.69 Å². The van der Waals surface area contributed by atoms with E-state index in [0.717, 1.165) is 0 Å². The molecule has 1 aromatic heterocycles. The molecule has 0 bridgehead atoms. The van der Waals surface area contributed by atoms with Crippen LogP contribution < -0.4 is 11.2 Å². The van der Waals surface area contributed by atoms with E-state index in [1.165, 1.54) is 7.11 Å². The van der Waals surface area contributed by atoms with Gasteiger partial charge in [0.25, 0.3) is 0 Å². The molecule has 0 aliphatic rings. The number of hydrogen-bond acceptors (Lipinski definition) is 7. The predicted octanol–water partition coefficient (Wildman–Crippen LogP) is -0.805. The smallest absolute Gasteiger partial charge is 0.350 e. The molecule has 0 amide bonds. The van der Waals surface area contributed by atoms with E-state index in [1.807, 2.05) is 4.98 Å². The Kier molecular flexibility index (Phi) is 5.15. The van der Waals surface area contributed by atoms with Crippen LogP contribution in [0.2, 0.25) is 0 Å². The number of carbonyl (C=O) groups excluding carboxylic acids is 1. The lowest BCUT2D eigenvalue weighted by molar-refractivity contribution is -0.386. The molecule has 1 N–H and O–H groups in total. The zero-order chi connectivity index (χ0) is 15.3. The Bertz CT molecular complexity index is 618. The highest BCUT2D eigenvalue weighted by Crippen LogP contribution is 2.07. The molecule has 1 aromatic rings. The molecule has 0 spiro atoms. The number of aromatic amines is 1. The largest absolute Gasteiger partial charge is 0.464 e. The summed E-state index contributed by atoms with van der Waals surface area (Å²) < 4.78 is 9.89. The van der Waals surface area contributed by atoms with Crippen LogP contribution in [0.25, 0.3) is 0 Å². The van der Waals surface area contributed by atoms with Gasteiger partial charge in [0.15, 0.2) is 6.04 Å². The maximum Gasteiger partial charge on any atom is 0.350 e. The van der Waals surface area contributed by atoms with Gasteiger partial charge in [-0.25, -0.2) is 14.2 Å². The molecule has 1 heterocycles. The van der Waals surface area contributed by atoms with Crippen LogP contribution in [0.1, 0.15) is 13.0 Å². The number of ether oxygens (including phenoxy) is 2. The summed E-state index contributed by atoms with van der Waals surface area (Å²) in [5.74, 6) is -0.887. The van der Waals surface area contributed by atoms with Crippen molar-refractivity contribution < 1.29 is 19.2 Å². The van der Waals surface area contributed by atoms with E-state index < -0.39 is 33.9 Å². The van der Waals surface area contributed by atoms with Crippen LogP contribution >= 0.6 is 0 Å². The lowest BCUT2D eigenvalue weighted by Gasteiger charge is -2.15. The molecule has 10 nitrogen and oxygen atoms in total. The standard InChI is InChI=1S/C10H13N3O7/c1-3-20-9(15)7(5-19-2)12-8(14)6(13(17)18)4-11-10(12)16/h4,7H,3,5H2,1-2H3,(H,11,16). The van der Waals surface area contributed by atoms with Gasteiger partial charge < -0.3 is 14.5 Å². The fraction of sp³-hybridized carbons (Fsp3) is 0.500. The number of esters is 1. The molecular weight excluding hydrogens is 274 g/mol. The quantitative estimate of drug-likeness (QED) is 0.411. The van der Waals surface area contributed by atoms with E-state index in [1.54, 1.807) is 6.92 Å². The number of hydrogen-bond donors (Lipinski definition) is 1. The second kappa shape index (κ2) is 6.61. The highest BCUT2D eigenvalue weighted by atomic mass is 16.6.